The molecule has 1 aromatic heterocycles. The van der Waals surface area contributed by atoms with E-state index in [1.807, 2.05) is 17.8 Å². The SMILES string of the molecule is CCC(NCCCCCSC)c1ccco1. The van der Waals surface area contributed by atoms with Crippen molar-refractivity contribution in [3.63, 3.8) is 0 Å². The Morgan fingerprint density at radius 1 is 1.38 bits per heavy atom. The number of furan rings is 1. The van der Waals surface area contributed by atoms with Crippen molar-refractivity contribution < 1.29 is 4.42 Å². The Labute approximate surface area is 103 Å². The van der Waals surface area contributed by atoms with Gasteiger partial charge < -0.3 is 9.73 Å². The Bertz CT molecular complexity index is 248. The van der Waals surface area contributed by atoms with E-state index in [0.29, 0.717) is 6.04 Å². The fourth-order valence-electron chi connectivity index (χ4n) is 1.76. The van der Waals surface area contributed by atoms with Crippen LogP contribution in [0.4, 0.5) is 0 Å². The molecule has 1 atom stereocenters. The first-order valence-corrected chi connectivity index (χ1v) is 7.53. The Morgan fingerprint density at radius 3 is 2.88 bits per heavy atom. The molecule has 1 heterocycles. The zero-order valence-electron chi connectivity index (χ0n) is 10.4. The summed E-state index contributed by atoms with van der Waals surface area (Å²) in [4.78, 5) is 0. The maximum atomic E-state index is 5.42. The van der Waals surface area contributed by atoms with Crippen LogP contribution in [-0.2, 0) is 0 Å². The van der Waals surface area contributed by atoms with E-state index < -0.39 is 0 Å². The van der Waals surface area contributed by atoms with E-state index in [0.717, 1.165) is 18.7 Å². The largest absolute Gasteiger partial charge is 0.468 e. The molecule has 0 spiro atoms. The molecule has 0 amide bonds. The third-order valence-electron chi connectivity index (χ3n) is 2.71. The summed E-state index contributed by atoms with van der Waals surface area (Å²) in [5, 5.41) is 3.55. The highest BCUT2D eigenvalue weighted by molar-refractivity contribution is 7.98. The van der Waals surface area contributed by atoms with Gasteiger partial charge in [0.05, 0.1) is 12.3 Å². The van der Waals surface area contributed by atoms with Gasteiger partial charge >= 0.3 is 0 Å². The summed E-state index contributed by atoms with van der Waals surface area (Å²) in [6.07, 6.45) is 8.92. The van der Waals surface area contributed by atoms with Gasteiger partial charge in [-0.3, -0.25) is 0 Å². The molecule has 1 unspecified atom stereocenters. The molecule has 0 aliphatic rings. The molecule has 2 nitrogen and oxygen atoms in total. The summed E-state index contributed by atoms with van der Waals surface area (Å²) in [5.74, 6) is 2.35. The number of hydrogen-bond acceptors (Lipinski definition) is 3. The van der Waals surface area contributed by atoms with Gasteiger partial charge in [0.1, 0.15) is 5.76 Å². The van der Waals surface area contributed by atoms with Crippen molar-refractivity contribution in [1.29, 1.82) is 0 Å². The second-order valence-corrected chi connectivity index (χ2v) is 4.97. The van der Waals surface area contributed by atoms with Crippen LogP contribution in [0.3, 0.4) is 0 Å². The second-order valence-electron chi connectivity index (χ2n) is 3.98. The standard InChI is InChI=1S/C13H23NOS/c1-3-12(13-8-7-10-15-13)14-9-5-4-6-11-16-2/h7-8,10,12,14H,3-6,9,11H2,1-2H3. The first kappa shape index (κ1) is 13.7. The van der Waals surface area contributed by atoms with Gasteiger partial charge in [0.2, 0.25) is 0 Å². The van der Waals surface area contributed by atoms with Crippen LogP contribution in [0, 0.1) is 0 Å². The Hall–Kier alpha value is -0.410. The van der Waals surface area contributed by atoms with Crippen molar-refractivity contribution in [2.24, 2.45) is 0 Å². The third kappa shape index (κ3) is 5.08. The number of rotatable bonds is 9. The van der Waals surface area contributed by atoms with Crippen LogP contribution in [0.2, 0.25) is 0 Å². The van der Waals surface area contributed by atoms with E-state index >= 15 is 0 Å². The molecule has 0 saturated heterocycles. The number of hydrogen-bond donors (Lipinski definition) is 1. The number of thioether (sulfide) groups is 1. The molecule has 0 bridgehead atoms. The van der Waals surface area contributed by atoms with E-state index in [9.17, 15) is 0 Å². The van der Waals surface area contributed by atoms with Gasteiger partial charge in [-0.05, 0) is 49.9 Å². The summed E-state index contributed by atoms with van der Waals surface area (Å²) in [6.45, 7) is 3.28. The summed E-state index contributed by atoms with van der Waals surface area (Å²) in [7, 11) is 0. The summed E-state index contributed by atoms with van der Waals surface area (Å²) < 4.78 is 5.42. The van der Waals surface area contributed by atoms with E-state index in [2.05, 4.69) is 24.6 Å². The molecule has 1 N–H and O–H groups in total. The molecule has 16 heavy (non-hydrogen) atoms. The lowest BCUT2D eigenvalue weighted by Crippen LogP contribution is -2.21. The Morgan fingerprint density at radius 2 is 2.25 bits per heavy atom. The number of unbranched alkanes of at least 4 members (excludes halogenated alkanes) is 2. The highest BCUT2D eigenvalue weighted by Gasteiger charge is 2.09. The summed E-state index contributed by atoms with van der Waals surface area (Å²) >= 11 is 1.93. The van der Waals surface area contributed by atoms with E-state index in [1.54, 1.807) is 6.26 Å². The molecule has 0 radical (unpaired) electrons. The van der Waals surface area contributed by atoms with Gasteiger partial charge in [-0.2, -0.15) is 11.8 Å². The summed E-state index contributed by atoms with van der Waals surface area (Å²) in [6, 6.07) is 4.39. The monoisotopic (exact) mass is 241 g/mol. The maximum Gasteiger partial charge on any atom is 0.120 e. The predicted molar refractivity (Wildman–Crippen MR) is 72.0 cm³/mol. The number of nitrogens with one attached hydrogen (secondary N) is 1. The van der Waals surface area contributed by atoms with Crippen molar-refractivity contribution in [1.82, 2.24) is 5.32 Å². The average molecular weight is 241 g/mol. The van der Waals surface area contributed by atoms with E-state index in [1.165, 1.54) is 25.0 Å². The van der Waals surface area contributed by atoms with Gasteiger partial charge in [-0.15, -0.1) is 0 Å². The van der Waals surface area contributed by atoms with Gasteiger partial charge in [-0.25, -0.2) is 0 Å². The zero-order chi connectivity index (χ0) is 11.6. The molecular formula is C13H23NOS. The molecule has 0 aromatic carbocycles. The highest BCUT2D eigenvalue weighted by Crippen LogP contribution is 2.16. The molecule has 0 aliphatic carbocycles. The molecule has 92 valence electrons. The van der Waals surface area contributed by atoms with Crippen molar-refractivity contribution in [2.45, 2.75) is 38.6 Å². The van der Waals surface area contributed by atoms with Crippen molar-refractivity contribution in [3.05, 3.63) is 24.2 Å². The lowest BCUT2D eigenvalue weighted by molar-refractivity contribution is 0.401. The fourth-order valence-corrected chi connectivity index (χ4v) is 2.25. The predicted octanol–water partition coefficient (Wildman–Crippen LogP) is 3.85. The fraction of sp³-hybridized carbons (Fsp3) is 0.692. The molecule has 0 aliphatic heterocycles. The van der Waals surface area contributed by atoms with Crippen molar-refractivity contribution >= 4 is 11.8 Å². The minimum atomic E-state index is 0.385. The lowest BCUT2D eigenvalue weighted by atomic mass is 10.1. The van der Waals surface area contributed by atoms with Crippen LogP contribution >= 0.6 is 11.8 Å². The van der Waals surface area contributed by atoms with Crippen LogP contribution in [0.1, 0.15) is 44.4 Å². The molecular weight excluding hydrogens is 218 g/mol. The van der Waals surface area contributed by atoms with Gasteiger partial charge in [0.25, 0.3) is 0 Å². The van der Waals surface area contributed by atoms with E-state index in [4.69, 9.17) is 4.42 Å². The Balaban J connectivity index is 2.11. The van der Waals surface area contributed by atoms with Gasteiger partial charge in [0, 0.05) is 0 Å². The van der Waals surface area contributed by atoms with E-state index in [-0.39, 0.29) is 0 Å². The summed E-state index contributed by atoms with van der Waals surface area (Å²) in [5.41, 5.74) is 0. The minimum Gasteiger partial charge on any atom is -0.468 e. The van der Waals surface area contributed by atoms with Crippen LogP contribution in [-0.4, -0.2) is 18.6 Å². The lowest BCUT2D eigenvalue weighted by Gasteiger charge is -2.14. The minimum absolute atomic E-state index is 0.385. The molecule has 1 rings (SSSR count). The first-order chi connectivity index (χ1) is 7.88. The molecule has 0 fully saturated rings. The van der Waals surface area contributed by atoms with Crippen LogP contribution in [0.15, 0.2) is 22.8 Å². The zero-order valence-corrected chi connectivity index (χ0v) is 11.2. The smallest absolute Gasteiger partial charge is 0.120 e. The van der Waals surface area contributed by atoms with Crippen molar-refractivity contribution in [2.75, 3.05) is 18.6 Å². The molecule has 3 heteroatoms. The third-order valence-corrected chi connectivity index (χ3v) is 3.41. The average Bonchev–Trinajstić information content (AvgIpc) is 2.82. The maximum absolute atomic E-state index is 5.42. The highest BCUT2D eigenvalue weighted by atomic mass is 32.2. The topological polar surface area (TPSA) is 25.2 Å². The van der Waals surface area contributed by atoms with Crippen LogP contribution < -0.4 is 5.32 Å². The second kappa shape index (κ2) is 8.71. The van der Waals surface area contributed by atoms with Gasteiger partial charge in [-0.1, -0.05) is 13.3 Å². The van der Waals surface area contributed by atoms with Crippen LogP contribution in [0.5, 0.6) is 0 Å². The van der Waals surface area contributed by atoms with Crippen molar-refractivity contribution in [3.8, 4) is 0 Å². The van der Waals surface area contributed by atoms with Gasteiger partial charge in [0.15, 0.2) is 0 Å². The quantitative estimate of drug-likeness (QED) is 0.665. The Kier molecular flexibility index (Phi) is 7.43. The molecule has 1 aromatic rings. The first-order valence-electron chi connectivity index (χ1n) is 6.14. The normalized spacial score (nSPS) is 12.9. The van der Waals surface area contributed by atoms with Crippen LogP contribution in [0.25, 0.3) is 0 Å². The molecule has 0 saturated carbocycles.